The van der Waals surface area contributed by atoms with Crippen LogP contribution in [0, 0.1) is 0 Å². The first-order valence-corrected chi connectivity index (χ1v) is 8.68. The Hall–Kier alpha value is -2.79. The Morgan fingerprint density at radius 2 is 2.07 bits per heavy atom. The fourth-order valence-corrected chi connectivity index (χ4v) is 2.74. The van der Waals surface area contributed by atoms with Gasteiger partial charge >= 0.3 is 6.61 Å². The summed E-state index contributed by atoms with van der Waals surface area (Å²) in [6.07, 6.45) is 1.64. The van der Waals surface area contributed by atoms with Crippen LogP contribution in [0.2, 0.25) is 0 Å². The molecule has 152 valence electrons. The molecule has 1 heterocycles. The number of nitrogens with two attached hydrogens (primary N) is 1. The minimum Gasteiger partial charge on any atom is -0.433 e. The molecule has 2 aliphatic rings. The van der Waals surface area contributed by atoms with Gasteiger partial charge in [-0.2, -0.15) is 8.78 Å². The van der Waals surface area contributed by atoms with Crippen LogP contribution in [0.5, 0.6) is 5.75 Å². The lowest BCUT2D eigenvalue weighted by atomic mass is 10.2. The number of nitrogens with zero attached hydrogens (tertiary/aromatic N) is 1. The third kappa shape index (κ3) is 4.93. The zero-order valence-electron chi connectivity index (χ0n) is 14.8. The van der Waals surface area contributed by atoms with E-state index in [-0.39, 0.29) is 36.5 Å². The third-order valence-corrected chi connectivity index (χ3v) is 4.26. The van der Waals surface area contributed by atoms with E-state index in [0.29, 0.717) is 12.3 Å². The van der Waals surface area contributed by atoms with Crippen LogP contribution in [0.15, 0.2) is 18.2 Å². The number of anilines is 2. The van der Waals surface area contributed by atoms with Crippen LogP contribution in [0.25, 0.3) is 0 Å². The lowest BCUT2D eigenvalue weighted by molar-refractivity contribution is -0.128. The summed E-state index contributed by atoms with van der Waals surface area (Å²) in [7, 11) is 0. The van der Waals surface area contributed by atoms with Crippen molar-refractivity contribution in [2.75, 3.05) is 30.0 Å². The highest BCUT2D eigenvalue weighted by Gasteiger charge is 2.32. The van der Waals surface area contributed by atoms with E-state index in [1.165, 1.54) is 23.1 Å². The zero-order chi connectivity index (χ0) is 20.3. The number of nitrogens with one attached hydrogen (secondary N) is 2. The Balaban J connectivity index is 1.81. The smallest absolute Gasteiger partial charge is 0.387 e. The highest BCUT2D eigenvalue weighted by molar-refractivity contribution is 6.10. The highest BCUT2D eigenvalue weighted by atomic mass is 19.3. The highest BCUT2D eigenvalue weighted by Crippen LogP contribution is 2.32. The van der Waals surface area contributed by atoms with Crippen LogP contribution >= 0.6 is 0 Å². The van der Waals surface area contributed by atoms with Crippen molar-refractivity contribution in [2.24, 2.45) is 5.73 Å². The Bertz CT molecular complexity index is 772. The number of ether oxygens (including phenoxy) is 2. The van der Waals surface area contributed by atoms with Crippen LogP contribution in [0.1, 0.15) is 12.8 Å². The van der Waals surface area contributed by atoms with Gasteiger partial charge in [-0.05, 0) is 25.0 Å². The van der Waals surface area contributed by atoms with E-state index in [1.807, 2.05) is 0 Å². The van der Waals surface area contributed by atoms with E-state index >= 15 is 0 Å². The van der Waals surface area contributed by atoms with Crippen LogP contribution in [-0.2, 0) is 19.1 Å². The quantitative estimate of drug-likeness (QED) is 0.538. The van der Waals surface area contributed by atoms with Gasteiger partial charge in [0.2, 0.25) is 5.91 Å². The Labute approximate surface area is 159 Å². The summed E-state index contributed by atoms with van der Waals surface area (Å²) in [5.74, 6) is -2.33. The van der Waals surface area contributed by atoms with Crippen LogP contribution < -0.4 is 26.0 Å². The maximum Gasteiger partial charge on any atom is 0.387 e. The molecule has 1 aliphatic heterocycles. The Morgan fingerprint density at radius 3 is 2.68 bits per heavy atom. The third-order valence-electron chi connectivity index (χ3n) is 4.26. The molecule has 3 amide bonds. The zero-order valence-corrected chi connectivity index (χ0v) is 14.8. The molecule has 1 saturated heterocycles. The molecule has 0 unspecified atom stereocenters. The van der Waals surface area contributed by atoms with Crippen molar-refractivity contribution >= 4 is 29.1 Å². The van der Waals surface area contributed by atoms with E-state index in [2.05, 4.69) is 15.4 Å². The number of halogens is 2. The van der Waals surface area contributed by atoms with Gasteiger partial charge in [0.25, 0.3) is 11.8 Å². The summed E-state index contributed by atoms with van der Waals surface area (Å²) in [5.41, 5.74) is 5.51. The summed E-state index contributed by atoms with van der Waals surface area (Å²) < 4.78 is 35.2. The number of carbonyl (C=O) groups excluding carboxylic acids is 3. The van der Waals surface area contributed by atoms with Gasteiger partial charge < -0.3 is 25.4 Å². The minimum atomic E-state index is -3.15. The molecule has 1 aliphatic carbocycles. The average Bonchev–Trinajstić information content (AvgIpc) is 3.45. The maximum absolute atomic E-state index is 12.8. The second kappa shape index (κ2) is 8.48. The molecule has 0 spiro atoms. The average molecular weight is 398 g/mol. The summed E-state index contributed by atoms with van der Waals surface area (Å²) in [6.45, 7) is -2.70. The molecule has 0 bridgehead atoms. The number of carbonyl (C=O) groups is 3. The van der Waals surface area contributed by atoms with Crippen LogP contribution in [0.3, 0.4) is 0 Å². The van der Waals surface area contributed by atoms with Gasteiger partial charge in [-0.1, -0.05) is 0 Å². The predicted octanol–water partition coefficient (Wildman–Crippen LogP) is 0.196. The lowest BCUT2D eigenvalue weighted by Gasteiger charge is -2.27. The van der Waals surface area contributed by atoms with Crippen molar-refractivity contribution in [2.45, 2.75) is 31.5 Å². The number of alkyl halides is 2. The van der Waals surface area contributed by atoms with Crippen molar-refractivity contribution in [3.63, 3.8) is 0 Å². The standard InChI is InChI=1S/C17H20F2N4O5/c18-17(19)28-12-7-10(23-5-6-27-8-13(23)24)3-4-11(12)22-16(26)14(15(20)25)21-9-1-2-9/h3-4,7,9,14,17,21H,1-2,5-6,8H2,(H2,20,25)(H,22,26)/t14-/m1/s1. The summed E-state index contributed by atoms with van der Waals surface area (Å²) in [4.78, 5) is 37.3. The fourth-order valence-electron chi connectivity index (χ4n) is 2.74. The fraction of sp³-hybridized carbons (Fsp3) is 0.471. The van der Waals surface area contributed by atoms with Gasteiger partial charge in [0.1, 0.15) is 6.61 Å². The minimum absolute atomic E-state index is 0.0229. The van der Waals surface area contributed by atoms with Gasteiger partial charge in [-0.25, -0.2) is 0 Å². The number of hydrogen-bond donors (Lipinski definition) is 3. The van der Waals surface area contributed by atoms with E-state index in [4.69, 9.17) is 10.5 Å². The molecule has 1 saturated carbocycles. The molecule has 0 aromatic heterocycles. The monoisotopic (exact) mass is 398 g/mol. The number of morpholine rings is 1. The van der Waals surface area contributed by atoms with Gasteiger partial charge in [0, 0.05) is 24.3 Å². The first kappa shape index (κ1) is 20.0. The van der Waals surface area contributed by atoms with E-state index in [9.17, 15) is 23.2 Å². The number of amides is 3. The van der Waals surface area contributed by atoms with Crippen molar-refractivity contribution in [1.82, 2.24) is 5.32 Å². The largest absolute Gasteiger partial charge is 0.433 e. The normalized spacial score (nSPS) is 18.1. The van der Waals surface area contributed by atoms with Crippen molar-refractivity contribution < 1.29 is 32.6 Å². The molecule has 2 fully saturated rings. The summed E-state index contributed by atoms with van der Waals surface area (Å²) in [6, 6.07) is 2.74. The maximum atomic E-state index is 12.8. The topological polar surface area (TPSA) is 123 Å². The van der Waals surface area contributed by atoms with E-state index in [1.54, 1.807) is 0 Å². The SMILES string of the molecule is NC(=O)[C@@H](NC1CC1)C(=O)Nc1ccc(N2CCOCC2=O)cc1OC(F)F. The molecule has 1 atom stereocenters. The van der Waals surface area contributed by atoms with Crippen molar-refractivity contribution in [3.05, 3.63) is 18.2 Å². The molecule has 3 rings (SSSR count). The van der Waals surface area contributed by atoms with Crippen LogP contribution in [-0.4, -0.2) is 56.2 Å². The van der Waals surface area contributed by atoms with Crippen molar-refractivity contribution in [3.8, 4) is 5.75 Å². The van der Waals surface area contributed by atoms with Gasteiger partial charge in [-0.15, -0.1) is 0 Å². The molecular weight excluding hydrogens is 378 g/mol. The second-order valence-corrected chi connectivity index (χ2v) is 6.42. The summed E-state index contributed by atoms with van der Waals surface area (Å²) in [5, 5.41) is 5.18. The van der Waals surface area contributed by atoms with Gasteiger partial charge in [-0.3, -0.25) is 19.7 Å². The van der Waals surface area contributed by atoms with E-state index in [0.717, 1.165) is 12.8 Å². The predicted molar refractivity (Wildman–Crippen MR) is 94.0 cm³/mol. The molecule has 1 aromatic carbocycles. The molecular formula is C17H20F2N4O5. The van der Waals surface area contributed by atoms with Gasteiger partial charge in [0.05, 0.1) is 12.3 Å². The molecule has 28 heavy (non-hydrogen) atoms. The Kier molecular flexibility index (Phi) is 6.05. The van der Waals surface area contributed by atoms with Crippen molar-refractivity contribution in [1.29, 1.82) is 0 Å². The Morgan fingerprint density at radius 1 is 1.32 bits per heavy atom. The lowest BCUT2D eigenvalue weighted by Crippen LogP contribution is -2.50. The first-order chi connectivity index (χ1) is 13.3. The van der Waals surface area contributed by atoms with Crippen LogP contribution in [0.4, 0.5) is 20.2 Å². The molecule has 4 N–H and O–H groups in total. The second-order valence-electron chi connectivity index (χ2n) is 6.42. The molecule has 11 heteroatoms. The number of hydrogen-bond acceptors (Lipinski definition) is 6. The van der Waals surface area contributed by atoms with Gasteiger partial charge in [0.15, 0.2) is 11.8 Å². The summed E-state index contributed by atoms with van der Waals surface area (Å²) >= 11 is 0. The molecule has 1 aromatic rings. The number of rotatable bonds is 8. The molecule has 0 radical (unpaired) electrons. The molecule has 9 nitrogen and oxygen atoms in total. The first-order valence-electron chi connectivity index (χ1n) is 8.68. The number of benzene rings is 1. The van der Waals surface area contributed by atoms with E-state index < -0.39 is 24.5 Å². The number of primary amides is 1.